The number of ether oxygens (including phenoxy) is 1. The molecule has 182 valence electrons. The molecule has 35 heavy (non-hydrogen) atoms. The molecule has 2 N–H and O–H groups in total. The fourth-order valence-corrected chi connectivity index (χ4v) is 5.13. The van der Waals surface area contributed by atoms with E-state index in [1.165, 1.54) is 15.8 Å². The monoisotopic (exact) mass is 551 g/mol. The summed E-state index contributed by atoms with van der Waals surface area (Å²) in [7, 11) is 0. The van der Waals surface area contributed by atoms with Crippen molar-refractivity contribution in [3.8, 4) is 16.3 Å². The van der Waals surface area contributed by atoms with Crippen LogP contribution < -0.4 is 15.4 Å². The van der Waals surface area contributed by atoms with Crippen molar-refractivity contribution in [2.45, 2.75) is 39.5 Å². The van der Waals surface area contributed by atoms with E-state index >= 15 is 0 Å². The molecule has 0 saturated carbocycles. The summed E-state index contributed by atoms with van der Waals surface area (Å²) in [6.07, 6.45) is 0.705. The van der Waals surface area contributed by atoms with Crippen LogP contribution in [0.15, 0.2) is 65.1 Å². The van der Waals surface area contributed by atoms with Crippen molar-refractivity contribution < 1.29 is 9.53 Å². The van der Waals surface area contributed by atoms with Crippen molar-refractivity contribution in [3.63, 3.8) is 0 Å². The van der Waals surface area contributed by atoms with Gasteiger partial charge in [0, 0.05) is 17.8 Å². The Kier molecular flexibility index (Phi) is 7.77. The molecule has 0 bridgehead atoms. The van der Waals surface area contributed by atoms with Gasteiger partial charge in [0.25, 0.3) is 0 Å². The van der Waals surface area contributed by atoms with E-state index in [1.807, 2.05) is 30.3 Å². The number of thiazole rings is 1. The minimum absolute atomic E-state index is 0.0906. The number of halogens is 1. The number of amides is 2. The SMILES string of the molecule is Cc1ccc2nc(-c3ccc(NC(=O)NCCCOc4ccc(C(C)(C)C)cc4Br)cc3)sc2c1. The van der Waals surface area contributed by atoms with Gasteiger partial charge in [-0.1, -0.05) is 32.9 Å². The standard InChI is InChI=1S/C28H30BrN3O2S/c1-18-6-12-23-25(16-18)35-26(32-23)19-7-10-21(11-8-19)31-27(33)30-14-5-15-34-24-13-9-20(17-22(24)29)28(2,3)4/h6-13,16-17H,5,14-15H2,1-4H3,(H2,30,31,33). The Morgan fingerprint density at radius 3 is 2.54 bits per heavy atom. The van der Waals surface area contributed by atoms with Crippen molar-refractivity contribution in [2.24, 2.45) is 0 Å². The minimum atomic E-state index is -0.232. The molecule has 0 atom stereocenters. The highest BCUT2D eigenvalue weighted by molar-refractivity contribution is 9.10. The highest BCUT2D eigenvalue weighted by Crippen LogP contribution is 2.32. The second kappa shape index (κ2) is 10.8. The Balaban J connectivity index is 1.22. The van der Waals surface area contributed by atoms with Crippen LogP contribution in [-0.2, 0) is 5.41 Å². The van der Waals surface area contributed by atoms with Gasteiger partial charge in [0.05, 0.1) is 21.3 Å². The largest absolute Gasteiger partial charge is 0.492 e. The maximum absolute atomic E-state index is 12.3. The Morgan fingerprint density at radius 2 is 1.83 bits per heavy atom. The average Bonchev–Trinajstić information content (AvgIpc) is 3.22. The minimum Gasteiger partial charge on any atom is -0.492 e. The summed E-state index contributed by atoms with van der Waals surface area (Å²) in [4.78, 5) is 17.0. The molecule has 1 heterocycles. The zero-order chi connectivity index (χ0) is 25.0. The lowest BCUT2D eigenvalue weighted by Gasteiger charge is -2.20. The lowest BCUT2D eigenvalue weighted by Crippen LogP contribution is -2.30. The van der Waals surface area contributed by atoms with Crippen molar-refractivity contribution in [2.75, 3.05) is 18.5 Å². The first-order valence-corrected chi connectivity index (χ1v) is 13.3. The number of hydrogen-bond donors (Lipinski definition) is 2. The summed E-state index contributed by atoms with van der Waals surface area (Å²) in [6.45, 7) is 9.68. The molecule has 0 unspecified atom stereocenters. The van der Waals surface area contributed by atoms with E-state index in [-0.39, 0.29) is 11.4 Å². The first-order valence-electron chi connectivity index (χ1n) is 11.6. The molecular formula is C28H30BrN3O2S. The molecule has 0 radical (unpaired) electrons. The van der Waals surface area contributed by atoms with Crippen molar-refractivity contribution in [1.29, 1.82) is 0 Å². The van der Waals surface area contributed by atoms with E-state index in [0.29, 0.717) is 19.6 Å². The molecule has 4 aromatic rings. The molecule has 7 heteroatoms. The highest BCUT2D eigenvalue weighted by atomic mass is 79.9. The van der Waals surface area contributed by atoms with Crippen LogP contribution >= 0.6 is 27.3 Å². The van der Waals surface area contributed by atoms with Crippen molar-refractivity contribution >= 4 is 49.2 Å². The van der Waals surface area contributed by atoms with Gasteiger partial charge in [-0.3, -0.25) is 0 Å². The molecule has 4 rings (SSSR count). The predicted molar refractivity (Wildman–Crippen MR) is 150 cm³/mol. The number of urea groups is 1. The van der Waals surface area contributed by atoms with Crippen LogP contribution in [0.1, 0.15) is 38.3 Å². The molecule has 3 aromatic carbocycles. The van der Waals surface area contributed by atoms with Gasteiger partial charge in [0.15, 0.2) is 0 Å². The van der Waals surface area contributed by atoms with E-state index in [0.717, 1.165) is 32.0 Å². The number of anilines is 1. The van der Waals surface area contributed by atoms with E-state index in [9.17, 15) is 4.79 Å². The van der Waals surface area contributed by atoms with Crippen LogP contribution in [0.5, 0.6) is 5.75 Å². The number of nitrogens with zero attached hydrogens (tertiary/aromatic N) is 1. The van der Waals surface area contributed by atoms with E-state index in [2.05, 4.69) is 84.6 Å². The first kappa shape index (κ1) is 25.2. The molecule has 0 aliphatic carbocycles. The van der Waals surface area contributed by atoms with Gasteiger partial charge in [-0.15, -0.1) is 11.3 Å². The lowest BCUT2D eigenvalue weighted by molar-refractivity contribution is 0.250. The van der Waals surface area contributed by atoms with Gasteiger partial charge >= 0.3 is 6.03 Å². The quantitative estimate of drug-likeness (QED) is 0.229. The summed E-state index contributed by atoms with van der Waals surface area (Å²) in [5, 5.41) is 6.73. The summed E-state index contributed by atoms with van der Waals surface area (Å²) < 4.78 is 7.99. The summed E-state index contributed by atoms with van der Waals surface area (Å²) >= 11 is 5.27. The molecule has 2 amide bonds. The van der Waals surface area contributed by atoms with Crippen LogP contribution in [0.2, 0.25) is 0 Å². The molecular weight excluding hydrogens is 522 g/mol. The van der Waals surface area contributed by atoms with Gasteiger partial charge < -0.3 is 15.4 Å². The molecule has 0 aliphatic rings. The van der Waals surface area contributed by atoms with Gasteiger partial charge in [-0.2, -0.15) is 0 Å². The van der Waals surface area contributed by atoms with Gasteiger partial charge in [0.1, 0.15) is 10.8 Å². The van der Waals surface area contributed by atoms with E-state index < -0.39 is 0 Å². The molecule has 0 saturated heterocycles. The number of hydrogen-bond acceptors (Lipinski definition) is 4. The number of carbonyl (C=O) groups excluding carboxylic acids is 1. The third-order valence-corrected chi connectivity index (χ3v) is 7.28. The number of nitrogens with one attached hydrogen (secondary N) is 2. The molecule has 0 aliphatic heterocycles. The van der Waals surface area contributed by atoms with Crippen LogP contribution in [0.25, 0.3) is 20.8 Å². The maximum Gasteiger partial charge on any atom is 0.319 e. The fraction of sp³-hybridized carbons (Fsp3) is 0.286. The Labute approximate surface area is 219 Å². The number of benzene rings is 3. The molecule has 0 fully saturated rings. The van der Waals surface area contributed by atoms with Gasteiger partial charge in [-0.05, 0) is 94.3 Å². The average molecular weight is 553 g/mol. The van der Waals surface area contributed by atoms with Crippen molar-refractivity contribution in [1.82, 2.24) is 10.3 Å². The second-order valence-corrected chi connectivity index (χ2v) is 11.4. The lowest BCUT2D eigenvalue weighted by atomic mass is 9.87. The number of rotatable bonds is 7. The van der Waals surface area contributed by atoms with Crippen LogP contribution in [-0.4, -0.2) is 24.2 Å². The maximum atomic E-state index is 12.3. The van der Waals surface area contributed by atoms with Crippen molar-refractivity contribution in [3.05, 3.63) is 76.3 Å². The Bertz CT molecular complexity index is 1330. The van der Waals surface area contributed by atoms with Gasteiger partial charge in [0.2, 0.25) is 0 Å². The van der Waals surface area contributed by atoms with Crippen LogP contribution in [0.3, 0.4) is 0 Å². The smallest absolute Gasteiger partial charge is 0.319 e. The highest BCUT2D eigenvalue weighted by Gasteiger charge is 2.15. The summed E-state index contributed by atoms with van der Waals surface area (Å²) in [5.41, 5.74) is 5.35. The van der Waals surface area contributed by atoms with Crippen LogP contribution in [0.4, 0.5) is 10.5 Å². The number of fused-ring (bicyclic) bond motifs is 1. The van der Waals surface area contributed by atoms with Crippen LogP contribution in [0, 0.1) is 6.92 Å². The molecule has 1 aromatic heterocycles. The predicted octanol–water partition coefficient (Wildman–Crippen LogP) is 7.92. The second-order valence-electron chi connectivity index (χ2n) is 9.55. The number of aryl methyl sites for hydroxylation is 1. The molecule has 0 spiro atoms. The van der Waals surface area contributed by atoms with Gasteiger partial charge in [-0.25, -0.2) is 9.78 Å². The molecule has 5 nitrogen and oxygen atoms in total. The number of carbonyl (C=O) groups is 1. The zero-order valence-corrected chi connectivity index (χ0v) is 22.8. The third-order valence-electron chi connectivity index (χ3n) is 5.60. The van der Waals surface area contributed by atoms with E-state index in [4.69, 9.17) is 9.72 Å². The topological polar surface area (TPSA) is 63.2 Å². The third kappa shape index (κ3) is 6.61. The Hall–Kier alpha value is -2.90. The zero-order valence-electron chi connectivity index (χ0n) is 20.4. The summed E-state index contributed by atoms with van der Waals surface area (Å²) in [6, 6.07) is 20.0. The normalized spacial score (nSPS) is 11.5. The van der Waals surface area contributed by atoms with E-state index in [1.54, 1.807) is 11.3 Å². The fourth-order valence-electron chi connectivity index (χ4n) is 3.57. The first-order chi connectivity index (χ1) is 16.7. The summed E-state index contributed by atoms with van der Waals surface area (Å²) in [5.74, 6) is 0.811. The number of aromatic nitrogens is 1. The Morgan fingerprint density at radius 1 is 1.06 bits per heavy atom.